The van der Waals surface area contributed by atoms with Gasteiger partial charge in [0.05, 0.1) is 0 Å². The standard InChI is InChI=1S/C32H48ClN5S2/c1-34(2)31-12-14-32(15-13-31)39-36-19-5-17-35(25-27-8-3-4-9-27)18-6-21-37(22-7-20-36)40-38-23-16-28-24-30(33)11-10-29(28)26-38/h10-15,24,27H,3-9,16-23,25-26H2,1-2H3. The van der Waals surface area contributed by atoms with E-state index in [1.807, 2.05) is 30.1 Å². The number of anilines is 1. The van der Waals surface area contributed by atoms with Gasteiger partial charge < -0.3 is 9.80 Å². The number of benzene rings is 2. The van der Waals surface area contributed by atoms with E-state index in [0.717, 1.165) is 56.6 Å². The molecule has 2 aromatic carbocycles. The molecule has 5 nitrogen and oxygen atoms in total. The van der Waals surface area contributed by atoms with Crippen LogP contribution in [0.5, 0.6) is 0 Å². The maximum Gasteiger partial charge on any atom is 0.0408 e. The van der Waals surface area contributed by atoms with Gasteiger partial charge in [0.15, 0.2) is 0 Å². The highest BCUT2D eigenvalue weighted by Crippen LogP contribution is 2.30. The Morgan fingerprint density at radius 1 is 0.750 bits per heavy atom. The lowest BCUT2D eigenvalue weighted by molar-refractivity contribution is 0.211. The molecule has 0 N–H and O–H groups in total. The van der Waals surface area contributed by atoms with Crippen LogP contribution < -0.4 is 4.90 Å². The van der Waals surface area contributed by atoms with Gasteiger partial charge in [-0.1, -0.05) is 30.5 Å². The largest absolute Gasteiger partial charge is 0.378 e. The molecule has 1 aliphatic carbocycles. The number of hydrogen-bond donors (Lipinski definition) is 0. The predicted octanol–water partition coefficient (Wildman–Crippen LogP) is 7.31. The molecule has 40 heavy (non-hydrogen) atoms. The first kappa shape index (κ1) is 30.5. The monoisotopic (exact) mass is 601 g/mol. The molecule has 0 radical (unpaired) electrons. The van der Waals surface area contributed by atoms with Gasteiger partial charge in [0.25, 0.3) is 0 Å². The summed E-state index contributed by atoms with van der Waals surface area (Å²) in [6.07, 6.45) is 10.5. The third kappa shape index (κ3) is 9.29. The van der Waals surface area contributed by atoms with Gasteiger partial charge in [0, 0.05) is 87.6 Å². The van der Waals surface area contributed by atoms with E-state index < -0.39 is 0 Å². The number of fused-ring (bicyclic) bond motifs is 1. The molecule has 2 heterocycles. The summed E-state index contributed by atoms with van der Waals surface area (Å²) >= 11 is 10.2. The highest BCUT2D eigenvalue weighted by Gasteiger charge is 2.22. The Morgan fingerprint density at radius 2 is 1.43 bits per heavy atom. The zero-order valence-corrected chi connectivity index (χ0v) is 27.0. The number of nitrogens with zero attached hydrogens (tertiary/aromatic N) is 5. The third-order valence-electron chi connectivity index (χ3n) is 8.53. The van der Waals surface area contributed by atoms with Crippen molar-refractivity contribution in [3.05, 3.63) is 58.6 Å². The molecular formula is C32H48ClN5S2. The number of halogens is 1. The van der Waals surface area contributed by atoms with Crippen molar-refractivity contribution < 1.29 is 0 Å². The first-order valence-electron chi connectivity index (χ1n) is 15.4. The fourth-order valence-corrected chi connectivity index (χ4v) is 8.61. The average Bonchev–Trinajstić information content (AvgIpc) is 3.45. The van der Waals surface area contributed by atoms with E-state index in [4.69, 9.17) is 11.6 Å². The zero-order chi connectivity index (χ0) is 27.7. The van der Waals surface area contributed by atoms with Crippen LogP contribution in [-0.2, 0) is 13.0 Å². The first-order chi connectivity index (χ1) is 19.5. The SMILES string of the molecule is CN(C)c1ccc(SN2CCCN(CC3CCCC3)CCCN(SN3CCc4cc(Cl)ccc4C3)CCC2)cc1. The fraction of sp³-hybridized carbons (Fsp3) is 0.625. The fourth-order valence-electron chi connectivity index (χ4n) is 6.30. The van der Waals surface area contributed by atoms with Gasteiger partial charge in [-0.3, -0.25) is 0 Å². The maximum atomic E-state index is 6.26. The average molecular weight is 602 g/mol. The van der Waals surface area contributed by atoms with E-state index in [9.17, 15) is 0 Å². The van der Waals surface area contributed by atoms with Crippen molar-refractivity contribution in [3.8, 4) is 0 Å². The van der Waals surface area contributed by atoms with E-state index in [2.05, 4.69) is 73.2 Å². The molecule has 0 amide bonds. The van der Waals surface area contributed by atoms with E-state index in [1.165, 1.54) is 86.3 Å². The summed E-state index contributed by atoms with van der Waals surface area (Å²) in [7, 11) is 4.22. The molecule has 2 aliphatic heterocycles. The predicted molar refractivity (Wildman–Crippen MR) is 175 cm³/mol. The smallest absolute Gasteiger partial charge is 0.0408 e. The van der Waals surface area contributed by atoms with Gasteiger partial charge >= 0.3 is 0 Å². The van der Waals surface area contributed by atoms with Gasteiger partial charge in [-0.25, -0.2) is 12.9 Å². The van der Waals surface area contributed by atoms with Gasteiger partial charge in [0.2, 0.25) is 0 Å². The van der Waals surface area contributed by atoms with Crippen molar-refractivity contribution in [2.45, 2.75) is 62.8 Å². The lowest BCUT2D eigenvalue weighted by Crippen LogP contribution is -2.36. The Bertz CT molecular complexity index is 1050. The van der Waals surface area contributed by atoms with Crippen molar-refractivity contribution in [1.82, 2.24) is 17.8 Å². The Balaban J connectivity index is 1.21. The van der Waals surface area contributed by atoms with Crippen molar-refractivity contribution in [2.75, 3.05) is 71.4 Å². The molecule has 8 heteroatoms. The minimum absolute atomic E-state index is 0.862. The molecule has 5 rings (SSSR count). The van der Waals surface area contributed by atoms with E-state index in [-0.39, 0.29) is 0 Å². The van der Waals surface area contributed by atoms with Crippen LogP contribution in [0.25, 0.3) is 0 Å². The topological polar surface area (TPSA) is 16.2 Å². The van der Waals surface area contributed by atoms with Gasteiger partial charge in [0.1, 0.15) is 0 Å². The van der Waals surface area contributed by atoms with Crippen LogP contribution in [-0.4, -0.2) is 84.3 Å². The van der Waals surface area contributed by atoms with Gasteiger partial charge in [-0.05, 0) is 117 Å². The van der Waals surface area contributed by atoms with Crippen LogP contribution in [0.15, 0.2) is 47.4 Å². The van der Waals surface area contributed by atoms with E-state index >= 15 is 0 Å². The van der Waals surface area contributed by atoms with Crippen LogP contribution in [0, 0.1) is 5.92 Å². The second kappa shape index (κ2) is 15.5. The maximum absolute atomic E-state index is 6.26. The Labute approximate surface area is 257 Å². The van der Waals surface area contributed by atoms with Gasteiger partial charge in [-0.15, -0.1) is 0 Å². The lowest BCUT2D eigenvalue weighted by atomic mass is 10.0. The van der Waals surface area contributed by atoms with Crippen molar-refractivity contribution in [3.63, 3.8) is 0 Å². The Morgan fingerprint density at radius 3 is 2.12 bits per heavy atom. The van der Waals surface area contributed by atoms with Crippen molar-refractivity contribution in [1.29, 1.82) is 0 Å². The summed E-state index contributed by atoms with van der Waals surface area (Å²) in [4.78, 5) is 6.32. The van der Waals surface area contributed by atoms with Crippen molar-refractivity contribution >= 4 is 41.4 Å². The molecule has 0 unspecified atom stereocenters. The highest BCUT2D eigenvalue weighted by atomic mass is 35.5. The molecule has 1 saturated carbocycles. The number of rotatable bonds is 7. The molecule has 2 aromatic rings. The normalized spacial score (nSPS) is 21.6. The quantitative estimate of drug-likeness (QED) is 0.305. The molecule has 1 saturated heterocycles. The first-order valence-corrected chi connectivity index (χ1v) is 17.3. The minimum Gasteiger partial charge on any atom is -0.378 e. The van der Waals surface area contributed by atoms with E-state index in [0.29, 0.717) is 0 Å². The zero-order valence-electron chi connectivity index (χ0n) is 24.6. The molecule has 0 aromatic heterocycles. The van der Waals surface area contributed by atoms with Crippen LogP contribution in [0.2, 0.25) is 5.02 Å². The molecule has 3 aliphatic rings. The summed E-state index contributed by atoms with van der Waals surface area (Å²) in [6.45, 7) is 10.4. The summed E-state index contributed by atoms with van der Waals surface area (Å²) in [5, 5.41) is 0.862. The Hall–Kier alpha value is -0.930. The summed E-state index contributed by atoms with van der Waals surface area (Å²) in [5.74, 6) is 0.918. The van der Waals surface area contributed by atoms with Crippen LogP contribution in [0.4, 0.5) is 5.69 Å². The summed E-state index contributed by atoms with van der Waals surface area (Å²) in [6, 6.07) is 15.5. The molecule has 0 bridgehead atoms. The molecule has 0 spiro atoms. The second-order valence-electron chi connectivity index (χ2n) is 12.0. The Kier molecular flexibility index (Phi) is 11.8. The van der Waals surface area contributed by atoms with Gasteiger partial charge in [-0.2, -0.15) is 0 Å². The molecule has 0 atom stereocenters. The molecule has 220 valence electrons. The minimum atomic E-state index is 0.862. The highest BCUT2D eigenvalue weighted by molar-refractivity contribution is 7.97. The van der Waals surface area contributed by atoms with E-state index in [1.54, 1.807) is 0 Å². The van der Waals surface area contributed by atoms with Crippen LogP contribution in [0.3, 0.4) is 0 Å². The summed E-state index contributed by atoms with van der Waals surface area (Å²) in [5.41, 5.74) is 4.12. The number of hydrogen-bond acceptors (Lipinski definition) is 7. The molecule has 2 fully saturated rings. The van der Waals surface area contributed by atoms with Crippen molar-refractivity contribution in [2.24, 2.45) is 5.92 Å². The second-order valence-corrected chi connectivity index (χ2v) is 14.8. The summed E-state index contributed by atoms with van der Waals surface area (Å²) < 4.78 is 7.85. The van der Waals surface area contributed by atoms with Crippen LogP contribution >= 0.6 is 35.7 Å². The van der Waals surface area contributed by atoms with Crippen LogP contribution in [0.1, 0.15) is 56.1 Å². The molecular weight excluding hydrogens is 554 g/mol. The lowest BCUT2D eigenvalue weighted by Gasteiger charge is -2.34. The third-order valence-corrected chi connectivity index (χ3v) is 11.0.